The van der Waals surface area contributed by atoms with Gasteiger partial charge < -0.3 is 14.8 Å². The Morgan fingerprint density at radius 2 is 2.32 bits per heavy atom. The van der Waals surface area contributed by atoms with Gasteiger partial charge in [0.05, 0.1) is 17.8 Å². The van der Waals surface area contributed by atoms with Crippen molar-refractivity contribution in [2.75, 3.05) is 5.32 Å². The molecule has 0 radical (unpaired) electrons. The molecule has 2 N–H and O–H groups in total. The van der Waals surface area contributed by atoms with Gasteiger partial charge in [-0.05, 0) is 12.1 Å². The first-order valence-electron chi connectivity index (χ1n) is 5.67. The van der Waals surface area contributed by atoms with E-state index in [1.54, 1.807) is 12.3 Å². The van der Waals surface area contributed by atoms with E-state index in [-0.39, 0.29) is 10.7 Å². The lowest BCUT2D eigenvalue weighted by Gasteiger charge is -2.05. The van der Waals surface area contributed by atoms with Crippen molar-refractivity contribution in [2.24, 2.45) is 0 Å². The summed E-state index contributed by atoms with van der Waals surface area (Å²) in [5, 5.41) is 11.9. The molecule has 0 amide bonds. The molecule has 0 aliphatic carbocycles. The number of carbonyl (C=O) groups is 1. The van der Waals surface area contributed by atoms with Crippen molar-refractivity contribution in [1.82, 2.24) is 9.97 Å². The minimum atomic E-state index is -1.17. The van der Waals surface area contributed by atoms with Gasteiger partial charge in [0.2, 0.25) is 5.89 Å². The van der Waals surface area contributed by atoms with Crippen molar-refractivity contribution < 1.29 is 14.3 Å². The molecule has 2 rings (SSSR count). The molecule has 0 aromatic carbocycles. The number of anilines is 1. The lowest BCUT2D eigenvalue weighted by molar-refractivity contribution is 0.0691. The predicted molar refractivity (Wildman–Crippen MR) is 69.4 cm³/mol. The van der Waals surface area contributed by atoms with Gasteiger partial charge in [0.25, 0.3) is 0 Å². The summed E-state index contributed by atoms with van der Waals surface area (Å²) in [4.78, 5) is 18.9. The van der Waals surface area contributed by atoms with E-state index in [4.69, 9.17) is 21.1 Å². The van der Waals surface area contributed by atoms with E-state index in [0.717, 1.165) is 12.2 Å². The summed E-state index contributed by atoms with van der Waals surface area (Å²) < 4.78 is 5.41. The number of rotatable bonds is 5. The highest BCUT2D eigenvalue weighted by Gasteiger charge is 2.11. The summed E-state index contributed by atoms with van der Waals surface area (Å²) in [6, 6.07) is 3.08. The quantitative estimate of drug-likeness (QED) is 0.876. The maximum atomic E-state index is 10.9. The number of oxazole rings is 1. The molecule has 2 heterocycles. The highest BCUT2D eigenvalue weighted by Crippen LogP contribution is 2.17. The van der Waals surface area contributed by atoms with Crippen LogP contribution < -0.4 is 5.32 Å². The molecule has 0 aliphatic heterocycles. The van der Waals surface area contributed by atoms with Crippen LogP contribution in [0.5, 0.6) is 0 Å². The van der Waals surface area contributed by atoms with Crippen LogP contribution in [0.25, 0.3) is 0 Å². The Hall–Kier alpha value is -2.08. The maximum absolute atomic E-state index is 10.9. The first-order chi connectivity index (χ1) is 9.10. The van der Waals surface area contributed by atoms with Crippen molar-refractivity contribution in [3.63, 3.8) is 0 Å². The molecule has 0 bridgehead atoms. The average Bonchev–Trinajstić information content (AvgIpc) is 2.85. The molecular weight excluding hydrogens is 270 g/mol. The zero-order chi connectivity index (χ0) is 13.8. The van der Waals surface area contributed by atoms with Crippen LogP contribution in [0.4, 0.5) is 5.82 Å². The van der Waals surface area contributed by atoms with Crippen LogP contribution in [0, 0.1) is 0 Å². The minimum Gasteiger partial charge on any atom is -0.476 e. The summed E-state index contributed by atoms with van der Waals surface area (Å²) in [5.74, 6) is 0.550. The van der Waals surface area contributed by atoms with Crippen molar-refractivity contribution in [3.8, 4) is 0 Å². The number of nitrogens with one attached hydrogen (secondary N) is 1. The number of halogens is 1. The fourth-order valence-corrected chi connectivity index (χ4v) is 1.64. The second kappa shape index (κ2) is 5.71. The number of carboxylic acid groups (broad SMARTS) is 1. The van der Waals surface area contributed by atoms with Gasteiger partial charge in [0.15, 0.2) is 5.69 Å². The summed E-state index contributed by atoms with van der Waals surface area (Å²) in [6.07, 6.45) is 2.43. The summed E-state index contributed by atoms with van der Waals surface area (Å²) >= 11 is 5.73. The number of aromatic carboxylic acids is 1. The molecule has 0 saturated carbocycles. The minimum absolute atomic E-state index is 0.0995. The second-order valence-electron chi connectivity index (χ2n) is 3.76. The Morgan fingerprint density at radius 3 is 2.95 bits per heavy atom. The molecule has 100 valence electrons. The van der Waals surface area contributed by atoms with E-state index in [1.165, 1.54) is 6.07 Å². The predicted octanol–water partition coefficient (Wildman–Crippen LogP) is 2.60. The Labute approximate surface area is 114 Å². The van der Waals surface area contributed by atoms with Crippen LogP contribution in [0.15, 0.2) is 22.7 Å². The Bertz CT molecular complexity index is 598. The van der Waals surface area contributed by atoms with Gasteiger partial charge in [-0.3, -0.25) is 0 Å². The Balaban J connectivity index is 2.07. The van der Waals surface area contributed by atoms with E-state index >= 15 is 0 Å². The second-order valence-corrected chi connectivity index (χ2v) is 4.17. The van der Waals surface area contributed by atoms with Gasteiger partial charge in [-0.25, -0.2) is 14.8 Å². The number of aromatic nitrogens is 2. The summed E-state index contributed by atoms with van der Waals surface area (Å²) in [5.41, 5.74) is -0.187. The molecule has 0 aliphatic rings. The summed E-state index contributed by atoms with van der Waals surface area (Å²) in [7, 11) is 0. The smallest absolute Gasteiger partial charge is 0.356 e. The number of nitrogens with zero attached hydrogens (tertiary/aromatic N) is 2. The van der Waals surface area contributed by atoms with Crippen LogP contribution in [-0.4, -0.2) is 21.0 Å². The van der Waals surface area contributed by atoms with Crippen molar-refractivity contribution in [2.45, 2.75) is 19.9 Å². The van der Waals surface area contributed by atoms with Gasteiger partial charge >= 0.3 is 5.97 Å². The topological polar surface area (TPSA) is 88.2 Å². The molecule has 2 aromatic heterocycles. The average molecular weight is 282 g/mol. The molecule has 0 fully saturated rings. The molecule has 2 aromatic rings. The number of carboxylic acids is 1. The van der Waals surface area contributed by atoms with Crippen LogP contribution in [0.2, 0.25) is 5.02 Å². The van der Waals surface area contributed by atoms with E-state index in [1.807, 2.05) is 6.92 Å². The number of pyridine rings is 1. The van der Waals surface area contributed by atoms with Crippen molar-refractivity contribution in [3.05, 3.63) is 40.7 Å². The van der Waals surface area contributed by atoms with Gasteiger partial charge in [0.1, 0.15) is 11.6 Å². The Kier molecular flexibility index (Phi) is 4.01. The van der Waals surface area contributed by atoms with Crippen molar-refractivity contribution in [1.29, 1.82) is 0 Å². The largest absolute Gasteiger partial charge is 0.476 e. The van der Waals surface area contributed by atoms with E-state index < -0.39 is 5.97 Å². The molecule has 19 heavy (non-hydrogen) atoms. The number of aryl methyl sites for hydroxylation is 1. The fourth-order valence-electron chi connectivity index (χ4n) is 1.45. The maximum Gasteiger partial charge on any atom is 0.356 e. The fraction of sp³-hybridized carbons (Fsp3) is 0.250. The zero-order valence-corrected chi connectivity index (χ0v) is 10.9. The van der Waals surface area contributed by atoms with Crippen LogP contribution >= 0.6 is 11.6 Å². The van der Waals surface area contributed by atoms with Gasteiger partial charge in [-0.1, -0.05) is 18.5 Å². The SMILES string of the molecule is CCc1cnc(CNc2ccc(Cl)c(C(=O)O)n2)o1. The Morgan fingerprint density at radius 1 is 1.53 bits per heavy atom. The van der Waals surface area contributed by atoms with Crippen LogP contribution in [-0.2, 0) is 13.0 Å². The number of hydrogen-bond acceptors (Lipinski definition) is 5. The first kappa shape index (κ1) is 13.4. The number of hydrogen-bond donors (Lipinski definition) is 2. The van der Waals surface area contributed by atoms with Crippen LogP contribution in [0.1, 0.15) is 29.1 Å². The molecular formula is C12H12ClN3O3. The van der Waals surface area contributed by atoms with E-state index in [2.05, 4.69) is 15.3 Å². The van der Waals surface area contributed by atoms with Crippen molar-refractivity contribution >= 4 is 23.4 Å². The van der Waals surface area contributed by atoms with Gasteiger partial charge in [-0.15, -0.1) is 0 Å². The molecule has 0 spiro atoms. The standard InChI is InChI=1S/C12H12ClN3O3/c1-2-7-5-15-10(19-7)6-14-9-4-3-8(13)11(16-9)12(17)18/h3-5H,2,6H2,1H3,(H,14,16)(H,17,18). The first-order valence-corrected chi connectivity index (χ1v) is 6.05. The molecule has 0 saturated heterocycles. The third-order valence-electron chi connectivity index (χ3n) is 2.42. The van der Waals surface area contributed by atoms with E-state index in [0.29, 0.717) is 18.3 Å². The monoisotopic (exact) mass is 281 g/mol. The molecule has 7 heteroatoms. The normalized spacial score (nSPS) is 10.4. The van der Waals surface area contributed by atoms with Crippen LogP contribution in [0.3, 0.4) is 0 Å². The lowest BCUT2D eigenvalue weighted by atomic mass is 10.3. The molecule has 6 nitrogen and oxygen atoms in total. The van der Waals surface area contributed by atoms with Gasteiger partial charge in [-0.2, -0.15) is 0 Å². The van der Waals surface area contributed by atoms with E-state index in [9.17, 15) is 4.79 Å². The molecule has 0 unspecified atom stereocenters. The highest BCUT2D eigenvalue weighted by atomic mass is 35.5. The highest BCUT2D eigenvalue weighted by molar-refractivity contribution is 6.33. The third-order valence-corrected chi connectivity index (χ3v) is 2.72. The summed E-state index contributed by atoms with van der Waals surface area (Å²) in [6.45, 7) is 2.30. The van der Waals surface area contributed by atoms with Gasteiger partial charge in [0, 0.05) is 6.42 Å². The lowest BCUT2D eigenvalue weighted by Crippen LogP contribution is -2.06. The third kappa shape index (κ3) is 3.23. The zero-order valence-electron chi connectivity index (χ0n) is 10.2. The molecule has 0 atom stereocenters.